The van der Waals surface area contributed by atoms with Gasteiger partial charge in [-0.2, -0.15) is 0 Å². The van der Waals surface area contributed by atoms with Crippen molar-refractivity contribution in [3.63, 3.8) is 0 Å². The molecule has 1 aliphatic heterocycles. The predicted octanol–water partition coefficient (Wildman–Crippen LogP) is 1.86. The van der Waals surface area contributed by atoms with E-state index >= 15 is 0 Å². The molecule has 140 valence electrons. The van der Waals surface area contributed by atoms with Crippen LogP contribution in [0.1, 0.15) is 17.5 Å². The summed E-state index contributed by atoms with van der Waals surface area (Å²) in [5.74, 6) is -0.410. The van der Waals surface area contributed by atoms with E-state index in [1.807, 2.05) is 0 Å². The van der Waals surface area contributed by atoms with Crippen LogP contribution >= 0.6 is 24.8 Å². The number of piperazine rings is 1. The quantitative estimate of drug-likeness (QED) is 0.714. The lowest BCUT2D eigenvalue weighted by atomic mass is 10.1. The normalized spacial score (nSPS) is 15.5. The van der Waals surface area contributed by atoms with Gasteiger partial charge >= 0.3 is 0 Å². The van der Waals surface area contributed by atoms with Crippen molar-refractivity contribution in [2.45, 2.75) is 25.2 Å². The van der Waals surface area contributed by atoms with Crippen LogP contribution < -0.4 is 10.0 Å². The fourth-order valence-electron chi connectivity index (χ4n) is 2.84. The number of benzene rings is 1. The molecule has 1 aromatic rings. The summed E-state index contributed by atoms with van der Waals surface area (Å²) in [6, 6.07) is 2.50. The van der Waals surface area contributed by atoms with Crippen molar-refractivity contribution >= 4 is 34.8 Å². The molecule has 1 aromatic carbocycles. The van der Waals surface area contributed by atoms with E-state index in [0.717, 1.165) is 39.1 Å². The van der Waals surface area contributed by atoms with E-state index in [9.17, 15) is 12.8 Å². The minimum absolute atomic E-state index is 0. The van der Waals surface area contributed by atoms with E-state index in [1.54, 1.807) is 13.8 Å². The molecule has 0 radical (unpaired) electrons. The van der Waals surface area contributed by atoms with Crippen LogP contribution in [-0.4, -0.2) is 52.6 Å². The van der Waals surface area contributed by atoms with Crippen LogP contribution in [0.15, 0.2) is 17.0 Å². The van der Waals surface area contributed by atoms with E-state index < -0.39 is 15.8 Å². The Morgan fingerprint density at radius 3 is 2.25 bits per heavy atom. The first-order chi connectivity index (χ1) is 10.4. The van der Waals surface area contributed by atoms with Crippen molar-refractivity contribution in [3.8, 4) is 0 Å². The summed E-state index contributed by atoms with van der Waals surface area (Å²) >= 11 is 0. The SMILES string of the molecule is Cc1cc(F)cc(C)c1S(=O)(=O)NCCCN1CCNCC1.Cl.Cl. The highest BCUT2D eigenvalue weighted by molar-refractivity contribution is 7.89. The Hall–Kier alpha value is -0.440. The standard InChI is InChI=1S/C15H24FN3O2S.2ClH/c1-12-10-14(16)11-13(2)15(12)22(20,21)18-4-3-7-19-8-5-17-6-9-19;;/h10-11,17-18H,3-9H2,1-2H3;2*1H. The lowest BCUT2D eigenvalue weighted by Crippen LogP contribution is -2.44. The van der Waals surface area contributed by atoms with Gasteiger partial charge in [-0.15, -0.1) is 24.8 Å². The summed E-state index contributed by atoms with van der Waals surface area (Å²) in [6.45, 7) is 8.48. The molecule has 0 aromatic heterocycles. The molecular formula is C15H26Cl2FN3O2S. The van der Waals surface area contributed by atoms with Gasteiger partial charge in [0.25, 0.3) is 0 Å². The molecule has 5 nitrogen and oxygen atoms in total. The highest BCUT2D eigenvalue weighted by atomic mass is 35.5. The second-order valence-corrected chi connectivity index (χ2v) is 7.42. The molecule has 1 heterocycles. The van der Waals surface area contributed by atoms with Gasteiger partial charge in [0.1, 0.15) is 5.82 Å². The summed E-state index contributed by atoms with van der Waals surface area (Å²) in [7, 11) is -3.59. The molecular weight excluding hydrogens is 376 g/mol. The van der Waals surface area contributed by atoms with Crippen LogP contribution in [0.3, 0.4) is 0 Å². The summed E-state index contributed by atoms with van der Waals surface area (Å²) in [4.78, 5) is 2.51. The van der Waals surface area contributed by atoms with E-state index in [0.29, 0.717) is 17.7 Å². The van der Waals surface area contributed by atoms with Gasteiger partial charge in [0.15, 0.2) is 0 Å². The first-order valence-corrected chi connectivity index (χ1v) is 9.08. The second kappa shape index (κ2) is 10.5. The monoisotopic (exact) mass is 401 g/mol. The van der Waals surface area contributed by atoms with Gasteiger partial charge in [-0.05, 0) is 50.1 Å². The number of aryl methyl sites for hydroxylation is 2. The predicted molar refractivity (Wildman–Crippen MR) is 99.5 cm³/mol. The fraction of sp³-hybridized carbons (Fsp3) is 0.600. The minimum atomic E-state index is -3.59. The van der Waals surface area contributed by atoms with Crippen LogP contribution in [0, 0.1) is 19.7 Å². The van der Waals surface area contributed by atoms with Crippen molar-refractivity contribution in [1.29, 1.82) is 0 Å². The molecule has 0 unspecified atom stereocenters. The topological polar surface area (TPSA) is 61.4 Å². The lowest BCUT2D eigenvalue weighted by molar-refractivity contribution is 0.239. The number of halogens is 3. The van der Waals surface area contributed by atoms with E-state index in [2.05, 4.69) is 14.9 Å². The molecule has 0 amide bonds. The maximum atomic E-state index is 13.3. The molecule has 1 aliphatic rings. The van der Waals surface area contributed by atoms with Gasteiger partial charge in [-0.25, -0.2) is 17.5 Å². The Morgan fingerprint density at radius 2 is 1.71 bits per heavy atom. The van der Waals surface area contributed by atoms with Crippen LogP contribution in [0.25, 0.3) is 0 Å². The Morgan fingerprint density at radius 1 is 1.17 bits per heavy atom. The first kappa shape index (κ1) is 23.6. The average molecular weight is 402 g/mol. The third kappa shape index (κ3) is 6.46. The number of rotatable bonds is 6. The van der Waals surface area contributed by atoms with Crippen molar-refractivity contribution in [2.24, 2.45) is 0 Å². The number of nitrogens with one attached hydrogen (secondary N) is 2. The van der Waals surface area contributed by atoms with Crippen molar-refractivity contribution in [2.75, 3.05) is 39.3 Å². The highest BCUT2D eigenvalue weighted by Crippen LogP contribution is 2.21. The third-order valence-corrected chi connectivity index (χ3v) is 5.61. The van der Waals surface area contributed by atoms with Crippen LogP contribution in [0.4, 0.5) is 4.39 Å². The summed E-state index contributed by atoms with van der Waals surface area (Å²) in [5, 5.41) is 3.28. The molecule has 24 heavy (non-hydrogen) atoms. The van der Waals surface area contributed by atoms with Gasteiger partial charge in [-0.3, -0.25) is 0 Å². The maximum absolute atomic E-state index is 13.3. The number of hydrogen-bond donors (Lipinski definition) is 2. The largest absolute Gasteiger partial charge is 0.314 e. The number of hydrogen-bond acceptors (Lipinski definition) is 4. The van der Waals surface area contributed by atoms with E-state index in [4.69, 9.17) is 0 Å². The number of nitrogens with zero attached hydrogens (tertiary/aromatic N) is 1. The van der Waals surface area contributed by atoms with Crippen molar-refractivity contribution in [3.05, 3.63) is 29.1 Å². The average Bonchev–Trinajstić information content (AvgIpc) is 2.43. The smallest absolute Gasteiger partial charge is 0.241 e. The zero-order valence-electron chi connectivity index (χ0n) is 14.0. The Bertz CT molecular complexity index is 600. The molecule has 2 rings (SSSR count). The molecule has 1 saturated heterocycles. The lowest BCUT2D eigenvalue weighted by Gasteiger charge is -2.27. The zero-order chi connectivity index (χ0) is 16.2. The minimum Gasteiger partial charge on any atom is -0.314 e. The van der Waals surface area contributed by atoms with Crippen LogP contribution in [0.2, 0.25) is 0 Å². The molecule has 0 bridgehead atoms. The van der Waals surface area contributed by atoms with Crippen LogP contribution in [0.5, 0.6) is 0 Å². The van der Waals surface area contributed by atoms with E-state index in [-0.39, 0.29) is 29.7 Å². The maximum Gasteiger partial charge on any atom is 0.241 e. The molecule has 9 heteroatoms. The fourth-order valence-corrected chi connectivity index (χ4v) is 4.36. The molecule has 2 N–H and O–H groups in total. The molecule has 0 spiro atoms. The van der Waals surface area contributed by atoms with E-state index in [1.165, 1.54) is 12.1 Å². The summed E-state index contributed by atoms with van der Waals surface area (Å²) in [5.41, 5.74) is 0.874. The molecule has 0 saturated carbocycles. The first-order valence-electron chi connectivity index (χ1n) is 7.59. The Balaban J connectivity index is 0.00000264. The van der Waals surface area contributed by atoms with Gasteiger partial charge in [0.05, 0.1) is 4.90 Å². The second-order valence-electron chi connectivity index (χ2n) is 5.71. The van der Waals surface area contributed by atoms with Gasteiger partial charge in [0.2, 0.25) is 10.0 Å². The van der Waals surface area contributed by atoms with Crippen LogP contribution in [-0.2, 0) is 10.0 Å². The highest BCUT2D eigenvalue weighted by Gasteiger charge is 2.20. The Labute approximate surface area is 156 Å². The summed E-state index contributed by atoms with van der Waals surface area (Å²) in [6.07, 6.45) is 0.762. The molecule has 1 fully saturated rings. The van der Waals surface area contributed by atoms with Crippen molar-refractivity contribution < 1.29 is 12.8 Å². The third-order valence-electron chi connectivity index (χ3n) is 3.85. The van der Waals surface area contributed by atoms with Gasteiger partial charge in [-0.1, -0.05) is 0 Å². The van der Waals surface area contributed by atoms with Gasteiger partial charge in [0, 0.05) is 32.7 Å². The molecule has 0 atom stereocenters. The number of sulfonamides is 1. The van der Waals surface area contributed by atoms with Gasteiger partial charge < -0.3 is 10.2 Å². The molecule has 0 aliphatic carbocycles. The zero-order valence-corrected chi connectivity index (χ0v) is 16.4. The van der Waals surface area contributed by atoms with Crippen molar-refractivity contribution in [1.82, 2.24) is 14.9 Å². The Kier molecular flexibility index (Phi) is 10.3. The summed E-state index contributed by atoms with van der Waals surface area (Å²) < 4.78 is 40.7.